The van der Waals surface area contributed by atoms with E-state index in [-0.39, 0.29) is 30.6 Å². The molecule has 0 saturated carbocycles. The molecule has 39 heavy (non-hydrogen) atoms. The number of hydrazine groups is 1. The van der Waals surface area contributed by atoms with Gasteiger partial charge in [0, 0.05) is 19.6 Å². The van der Waals surface area contributed by atoms with E-state index < -0.39 is 33.7 Å². The van der Waals surface area contributed by atoms with Gasteiger partial charge < -0.3 is 4.74 Å². The number of nitrogens with zero attached hydrogens (tertiary/aromatic N) is 2. The van der Waals surface area contributed by atoms with Gasteiger partial charge in [-0.3, -0.25) is 25.1 Å². The summed E-state index contributed by atoms with van der Waals surface area (Å²) in [4.78, 5) is 28.5. The molecule has 1 heterocycles. The number of ether oxygens (including phenoxy) is 1. The molecule has 0 aliphatic carbocycles. The van der Waals surface area contributed by atoms with Crippen LogP contribution in [-0.2, 0) is 24.3 Å². The Kier molecular flexibility index (Phi) is 14.1. The van der Waals surface area contributed by atoms with Gasteiger partial charge in [-0.15, -0.1) is 4.41 Å². The molecule has 1 saturated heterocycles. The van der Waals surface area contributed by atoms with E-state index in [1.807, 2.05) is 64.1 Å². The van der Waals surface area contributed by atoms with Crippen molar-refractivity contribution in [1.29, 1.82) is 0 Å². The maximum absolute atomic E-state index is 13.6. The number of carbonyl (C=O) groups is 2. The number of morpholine rings is 1. The molecule has 1 aromatic carbocycles. The molecule has 220 valence electrons. The van der Waals surface area contributed by atoms with Crippen LogP contribution in [0.25, 0.3) is 6.08 Å². The topological polar surface area (TPSA) is 128 Å². The first-order valence-corrected chi connectivity index (χ1v) is 15.4. The third-order valence-electron chi connectivity index (χ3n) is 6.58. The highest BCUT2D eigenvalue weighted by Crippen LogP contribution is 2.26. The number of nitrogens with one attached hydrogen (secondary N) is 2. The summed E-state index contributed by atoms with van der Waals surface area (Å²) in [7, 11) is -3.80. The zero-order valence-corrected chi connectivity index (χ0v) is 24.5. The lowest BCUT2D eigenvalue weighted by Crippen LogP contribution is -2.52. The summed E-state index contributed by atoms with van der Waals surface area (Å²) in [5.74, 6) is -3.06. The third kappa shape index (κ3) is 11.8. The van der Waals surface area contributed by atoms with Gasteiger partial charge in [0.25, 0.3) is 0 Å². The molecular weight excluding hydrogens is 520 g/mol. The standard InChI is InChI=1S/C28H46N4O6S/c1-22(2)20-26(25(28(34)30-35)13-8-12-24-10-6-5-7-11-24)27(33)29-32(21-23(3)4)39(36,37)19-9-14-31-15-17-38-18-16-31/h5-8,10-12,22-23,25-26,35H,9,13-21H2,1-4H3,(H,29,33)(H,30,34)/b12-8+/t25-,26+/m0/s1. The monoisotopic (exact) mass is 566 g/mol. The highest BCUT2D eigenvalue weighted by molar-refractivity contribution is 7.89. The summed E-state index contributed by atoms with van der Waals surface area (Å²) in [6.07, 6.45) is 4.62. The number of hydrogen-bond donors (Lipinski definition) is 3. The van der Waals surface area contributed by atoms with E-state index in [0.29, 0.717) is 32.6 Å². The molecule has 0 spiro atoms. The summed E-state index contributed by atoms with van der Waals surface area (Å²) in [6, 6.07) is 9.55. The minimum atomic E-state index is -3.80. The molecule has 10 nitrogen and oxygen atoms in total. The second-order valence-corrected chi connectivity index (χ2v) is 12.9. The van der Waals surface area contributed by atoms with Gasteiger partial charge in [-0.25, -0.2) is 13.9 Å². The van der Waals surface area contributed by atoms with Crippen LogP contribution in [0.2, 0.25) is 0 Å². The highest BCUT2D eigenvalue weighted by Gasteiger charge is 2.36. The number of benzene rings is 1. The van der Waals surface area contributed by atoms with Gasteiger partial charge >= 0.3 is 0 Å². The van der Waals surface area contributed by atoms with E-state index in [2.05, 4.69) is 10.3 Å². The predicted molar refractivity (Wildman–Crippen MR) is 152 cm³/mol. The van der Waals surface area contributed by atoms with Crippen molar-refractivity contribution in [2.75, 3.05) is 45.1 Å². The Bertz CT molecular complexity index is 1010. The number of carbonyl (C=O) groups excluding carboxylic acids is 2. The average Bonchev–Trinajstić information content (AvgIpc) is 2.90. The number of rotatable bonds is 16. The van der Waals surface area contributed by atoms with Crippen molar-refractivity contribution in [2.45, 2.75) is 47.0 Å². The smallest absolute Gasteiger partial charge is 0.247 e. The number of amides is 2. The van der Waals surface area contributed by atoms with Crippen LogP contribution >= 0.6 is 0 Å². The Morgan fingerprint density at radius 2 is 1.72 bits per heavy atom. The molecule has 1 aromatic rings. The first-order chi connectivity index (χ1) is 18.5. The largest absolute Gasteiger partial charge is 0.379 e. The number of hydroxylamine groups is 1. The Morgan fingerprint density at radius 1 is 1.05 bits per heavy atom. The SMILES string of the molecule is CC(C)C[C@@H](C(=O)NN(CC(C)C)S(=O)(=O)CCCN1CCOCC1)[C@H](C/C=C/c1ccccc1)C(=O)NO. The Balaban J connectivity index is 2.18. The molecule has 1 aliphatic rings. The lowest BCUT2D eigenvalue weighted by Gasteiger charge is -2.30. The molecule has 0 radical (unpaired) electrons. The molecule has 1 aliphatic heterocycles. The number of sulfonamides is 1. The van der Waals surface area contributed by atoms with Crippen LogP contribution in [0.3, 0.4) is 0 Å². The molecule has 2 amide bonds. The highest BCUT2D eigenvalue weighted by atomic mass is 32.2. The molecule has 2 atom stereocenters. The lowest BCUT2D eigenvalue weighted by molar-refractivity contribution is -0.141. The summed E-state index contributed by atoms with van der Waals surface area (Å²) in [5.41, 5.74) is 5.28. The molecule has 2 rings (SSSR count). The summed E-state index contributed by atoms with van der Waals surface area (Å²) >= 11 is 0. The minimum Gasteiger partial charge on any atom is -0.379 e. The molecule has 0 aromatic heterocycles. The van der Waals surface area contributed by atoms with Gasteiger partial charge in [0.2, 0.25) is 21.8 Å². The summed E-state index contributed by atoms with van der Waals surface area (Å²) < 4.78 is 33.0. The van der Waals surface area contributed by atoms with E-state index in [1.165, 1.54) is 0 Å². The van der Waals surface area contributed by atoms with Crippen molar-refractivity contribution in [2.24, 2.45) is 23.7 Å². The van der Waals surface area contributed by atoms with Crippen LogP contribution in [0.4, 0.5) is 0 Å². The second kappa shape index (κ2) is 16.7. The average molecular weight is 567 g/mol. The van der Waals surface area contributed by atoms with Gasteiger partial charge in [-0.05, 0) is 43.2 Å². The van der Waals surface area contributed by atoms with Crippen molar-refractivity contribution >= 4 is 27.9 Å². The van der Waals surface area contributed by atoms with E-state index in [4.69, 9.17) is 4.74 Å². The zero-order valence-electron chi connectivity index (χ0n) is 23.7. The second-order valence-electron chi connectivity index (χ2n) is 10.9. The fraction of sp³-hybridized carbons (Fsp3) is 0.643. The van der Waals surface area contributed by atoms with Crippen LogP contribution in [0.5, 0.6) is 0 Å². The Labute approximate surface area is 233 Å². The molecular formula is C28H46N4O6S. The van der Waals surface area contributed by atoms with Crippen LogP contribution in [0.1, 0.15) is 52.5 Å². The first-order valence-electron chi connectivity index (χ1n) is 13.8. The number of hydrogen-bond acceptors (Lipinski definition) is 7. The van der Waals surface area contributed by atoms with Crippen LogP contribution in [0.15, 0.2) is 36.4 Å². The van der Waals surface area contributed by atoms with E-state index in [1.54, 1.807) is 11.6 Å². The predicted octanol–water partition coefficient (Wildman–Crippen LogP) is 2.92. The summed E-state index contributed by atoms with van der Waals surface area (Å²) in [6.45, 7) is 11.2. The van der Waals surface area contributed by atoms with E-state index >= 15 is 0 Å². The van der Waals surface area contributed by atoms with Gasteiger partial charge in [-0.1, -0.05) is 70.2 Å². The van der Waals surface area contributed by atoms with Gasteiger partial charge in [0.15, 0.2) is 0 Å². The van der Waals surface area contributed by atoms with Gasteiger partial charge in [-0.2, -0.15) is 0 Å². The maximum Gasteiger partial charge on any atom is 0.247 e. The number of allylic oxidation sites excluding steroid dienone is 1. The van der Waals surface area contributed by atoms with Gasteiger partial charge in [0.1, 0.15) is 0 Å². The fourth-order valence-corrected chi connectivity index (χ4v) is 6.05. The summed E-state index contributed by atoms with van der Waals surface area (Å²) in [5, 5.41) is 9.45. The molecule has 1 fully saturated rings. The van der Waals surface area contributed by atoms with Crippen molar-refractivity contribution < 1.29 is 28.0 Å². The minimum absolute atomic E-state index is 0.0341. The molecule has 3 N–H and O–H groups in total. The van der Waals surface area contributed by atoms with E-state index in [9.17, 15) is 23.2 Å². The van der Waals surface area contributed by atoms with Crippen molar-refractivity contribution in [3.8, 4) is 0 Å². The molecule has 11 heteroatoms. The molecule has 0 unspecified atom stereocenters. The van der Waals surface area contributed by atoms with Gasteiger partial charge in [0.05, 0.1) is 30.8 Å². The quantitative estimate of drug-likeness (QED) is 0.207. The van der Waals surface area contributed by atoms with Crippen molar-refractivity contribution in [1.82, 2.24) is 20.2 Å². The molecule has 0 bridgehead atoms. The van der Waals surface area contributed by atoms with Crippen LogP contribution < -0.4 is 10.9 Å². The normalized spacial score (nSPS) is 16.6. The van der Waals surface area contributed by atoms with E-state index in [0.717, 1.165) is 23.1 Å². The fourth-order valence-electron chi connectivity index (χ4n) is 4.59. The first kappa shape index (κ1) is 32.9. The zero-order chi connectivity index (χ0) is 28.8. The Hall–Kier alpha value is -2.31. The lowest BCUT2D eigenvalue weighted by atomic mass is 9.82. The third-order valence-corrected chi connectivity index (χ3v) is 8.29. The van der Waals surface area contributed by atoms with Crippen LogP contribution in [0, 0.1) is 23.7 Å². The maximum atomic E-state index is 13.6. The Morgan fingerprint density at radius 3 is 2.31 bits per heavy atom. The van der Waals surface area contributed by atoms with Crippen molar-refractivity contribution in [3.05, 3.63) is 42.0 Å². The van der Waals surface area contributed by atoms with Crippen molar-refractivity contribution in [3.63, 3.8) is 0 Å². The van der Waals surface area contributed by atoms with Crippen LogP contribution in [-0.4, -0.2) is 79.9 Å².